The summed E-state index contributed by atoms with van der Waals surface area (Å²) in [5, 5.41) is 6.36. The Balaban J connectivity index is 1.84. The molecule has 2 atom stereocenters. The highest BCUT2D eigenvalue weighted by Crippen LogP contribution is 2.29. The van der Waals surface area contributed by atoms with Crippen molar-refractivity contribution >= 4 is 46.8 Å². The Kier molecular flexibility index (Phi) is 8.90. The fraction of sp³-hybridized carbons (Fsp3) is 0.444. The second-order valence-electron chi connectivity index (χ2n) is 10.2. The van der Waals surface area contributed by atoms with Crippen LogP contribution in [0.15, 0.2) is 42.5 Å². The lowest BCUT2D eigenvalue weighted by Crippen LogP contribution is -2.56. The molecule has 0 saturated carbocycles. The van der Waals surface area contributed by atoms with Crippen molar-refractivity contribution in [2.45, 2.75) is 77.6 Å². The van der Waals surface area contributed by atoms with E-state index in [1.165, 1.54) is 0 Å². The highest BCUT2D eigenvalue weighted by molar-refractivity contribution is 6.35. The number of para-hydroxylation sites is 1. The van der Waals surface area contributed by atoms with Gasteiger partial charge >= 0.3 is 6.09 Å². The molecule has 0 unspecified atom stereocenters. The van der Waals surface area contributed by atoms with E-state index in [2.05, 4.69) is 10.6 Å². The molecule has 1 aliphatic rings. The first-order valence-electron chi connectivity index (χ1n) is 12.0. The maximum absolute atomic E-state index is 13.5. The number of carbonyl (C=O) groups excluding carboxylic acids is 3. The predicted molar refractivity (Wildman–Crippen MR) is 143 cm³/mol. The number of amides is 3. The Morgan fingerprint density at radius 3 is 2.47 bits per heavy atom. The SMILES string of the molecule is CC(C)N1C(=O)[C@H](NC(=O)[C@@H](Cc2ccc(Cl)cc2Cl)NC(=O)OC(C)(C)C)CCc2ccccc21. The van der Waals surface area contributed by atoms with E-state index >= 15 is 0 Å². The second-order valence-corrected chi connectivity index (χ2v) is 11.0. The zero-order valence-corrected chi connectivity index (χ0v) is 22.7. The van der Waals surface area contributed by atoms with E-state index in [0.717, 1.165) is 11.3 Å². The van der Waals surface area contributed by atoms with E-state index in [9.17, 15) is 14.4 Å². The first-order valence-corrected chi connectivity index (χ1v) is 12.8. The summed E-state index contributed by atoms with van der Waals surface area (Å²) in [5.74, 6) is -0.691. The maximum Gasteiger partial charge on any atom is 0.408 e. The molecule has 0 aromatic heterocycles. The number of nitrogens with one attached hydrogen (secondary N) is 2. The Hall–Kier alpha value is -2.77. The van der Waals surface area contributed by atoms with E-state index in [-0.39, 0.29) is 18.4 Å². The van der Waals surface area contributed by atoms with Gasteiger partial charge in [-0.15, -0.1) is 0 Å². The number of alkyl carbamates (subject to hydrolysis) is 1. The van der Waals surface area contributed by atoms with E-state index in [1.54, 1.807) is 43.9 Å². The third kappa shape index (κ3) is 7.14. The van der Waals surface area contributed by atoms with Gasteiger partial charge in [0.05, 0.1) is 0 Å². The van der Waals surface area contributed by atoms with Gasteiger partial charge in [0.15, 0.2) is 0 Å². The van der Waals surface area contributed by atoms with Gasteiger partial charge in [0.2, 0.25) is 11.8 Å². The number of nitrogens with zero attached hydrogens (tertiary/aromatic N) is 1. The van der Waals surface area contributed by atoms with Gasteiger partial charge in [0.1, 0.15) is 17.7 Å². The topological polar surface area (TPSA) is 87.7 Å². The van der Waals surface area contributed by atoms with Crippen molar-refractivity contribution in [2.24, 2.45) is 0 Å². The molecule has 3 rings (SSSR count). The van der Waals surface area contributed by atoms with Crippen molar-refractivity contribution in [1.29, 1.82) is 0 Å². The van der Waals surface area contributed by atoms with E-state index < -0.39 is 29.7 Å². The number of fused-ring (bicyclic) bond motifs is 1. The van der Waals surface area contributed by atoms with Gasteiger partial charge in [-0.05, 0) is 76.8 Å². The normalized spacial score (nSPS) is 16.7. The van der Waals surface area contributed by atoms with E-state index in [4.69, 9.17) is 27.9 Å². The van der Waals surface area contributed by atoms with Crippen molar-refractivity contribution in [3.63, 3.8) is 0 Å². The van der Waals surface area contributed by atoms with Gasteiger partial charge in [-0.3, -0.25) is 9.59 Å². The molecule has 194 valence electrons. The molecule has 36 heavy (non-hydrogen) atoms. The minimum Gasteiger partial charge on any atom is -0.444 e. The summed E-state index contributed by atoms with van der Waals surface area (Å²) in [6.07, 6.45) is 0.418. The lowest BCUT2D eigenvalue weighted by Gasteiger charge is -2.30. The predicted octanol–water partition coefficient (Wildman–Crippen LogP) is 5.30. The maximum atomic E-state index is 13.5. The third-order valence-corrected chi connectivity index (χ3v) is 6.36. The monoisotopic (exact) mass is 533 g/mol. The molecule has 1 aliphatic heterocycles. The average molecular weight is 534 g/mol. The van der Waals surface area contributed by atoms with Crippen molar-refractivity contribution in [2.75, 3.05) is 4.90 Å². The van der Waals surface area contributed by atoms with Crippen LogP contribution in [0.25, 0.3) is 0 Å². The number of hydrogen-bond acceptors (Lipinski definition) is 4. The van der Waals surface area contributed by atoms with Crippen LogP contribution in [-0.2, 0) is 27.2 Å². The highest BCUT2D eigenvalue weighted by Gasteiger charge is 2.35. The van der Waals surface area contributed by atoms with Crippen molar-refractivity contribution < 1.29 is 19.1 Å². The van der Waals surface area contributed by atoms with Gasteiger partial charge in [-0.1, -0.05) is 47.5 Å². The van der Waals surface area contributed by atoms with Crippen LogP contribution in [0, 0.1) is 0 Å². The first kappa shape index (κ1) is 27.8. The number of aryl methyl sites for hydroxylation is 1. The molecule has 0 spiro atoms. The number of hydrogen-bond donors (Lipinski definition) is 2. The number of benzene rings is 2. The van der Waals surface area contributed by atoms with Crippen LogP contribution < -0.4 is 15.5 Å². The van der Waals surface area contributed by atoms with Gasteiger partial charge in [0, 0.05) is 28.2 Å². The fourth-order valence-electron chi connectivity index (χ4n) is 4.17. The Bertz CT molecular complexity index is 1130. The number of halogens is 2. The van der Waals surface area contributed by atoms with Crippen molar-refractivity contribution in [3.05, 3.63) is 63.6 Å². The van der Waals surface area contributed by atoms with Gasteiger partial charge < -0.3 is 20.3 Å². The number of carbonyl (C=O) groups is 3. The minimum atomic E-state index is -1.02. The molecule has 2 N–H and O–H groups in total. The highest BCUT2D eigenvalue weighted by atomic mass is 35.5. The standard InChI is InChI=1S/C27H33Cl2N3O4/c1-16(2)32-23-9-7-6-8-17(23)11-13-21(25(32)34)30-24(33)22(31-26(35)36-27(3,4)5)14-18-10-12-19(28)15-20(18)29/h6-10,12,15-16,21-22H,11,13-14H2,1-5H3,(H,30,33)(H,31,35)/t21-,22-/m1/s1. The van der Waals surface area contributed by atoms with Crippen LogP contribution >= 0.6 is 23.2 Å². The van der Waals surface area contributed by atoms with Crippen molar-refractivity contribution in [1.82, 2.24) is 10.6 Å². The summed E-state index contributed by atoms with van der Waals surface area (Å²) in [6, 6.07) is 10.8. The van der Waals surface area contributed by atoms with Crippen LogP contribution in [0.2, 0.25) is 10.0 Å². The molecule has 0 saturated heterocycles. The zero-order valence-electron chi connectivity index (χ0n) is 21.2. The summed E-state index contributed by atoms with van der Waals surface area (Å²) >= 11 is 12.4. The molecule has 0 radical (unpaired) electrons. The smallest absolute Gasteiger partial charge is 0.408 e. The van der Waals surface area contributed by atoms with Crippen LogP contribution in [0.3, 0.4) is 0 Å². The second kappa shape index (κ2) is 11.5. The van der Waals surface area contributed by atoms with Crippen LogP contribution in [0.5, 0.6) is 0 Å². The van der Waals surface area contributed by atoms with Gasteiger partial charge in [0.25, 0.3) is 0 Å². The average Bonchev–Trinajstić information content (AvgIpc) is 2.90. The molecule has 2 aromatic carbocycles. The van der Waals surface area contributed by atoms with Gasteiger partial charge in [-0.25, -0.2) is 4.79 Å². The third-order valence-electron chi connectivity index (χ3n) is 5.77. The number of anilines is 1. The van der Waals surface area contributed by atoms with Crippen LogP contribution in [0.4, 0.5) is 10.5 Å². The Morgan fingerprint density at radius 1 is 1.14 bits per heavy atom. The molecule has 9 heteroatoms. The molecular weight excluding hydrogens is 501 g/mol. The lowest BCUT2D eigenvalue weighted by atomic mass is 10.0. The summed E-state index contributed by atoms with van der Waals surface area (Å²) in [5.41, 5.74) is 1.78. The Labute approximate surface area is 222 Å². The van der Waals surface area contributed by atoms with Crippen molar-refractivity contribution in [3.8, 4) is 0 Å². The zero-order chi connectivity index (χ0) is 26.6. The van der Waals surface area contributed by atoms with Crippen LogP contribution in [0.1, 0.15) is 52.2 Å². The lowest BCUT2D eigenvalue weighted by molar-refractivity contribution is -0.129. The summed E-state index contributed by atoms with van der Waals surface area (Å²) < 4.78 is 5.37. The molecular formula is C27H33Cl2N3O4. The summed E-state index contributed by atoms with van der Waals surface area (Å²) in [4.78, 5) is 41.3. The molecule has 0 aliphatic carbocycles. The van der Waals surface area contributed by atoms with Crippen LogP contribution in [-0.4, -0.2) is 41.6 Å². The van der Waals surface area contributed by atoms with Gasteiger partial charge in [-0.2, -0.15) is 0 Å². The quantitative estimate of drug-likeness (QED) is 0.527. The largest absolute Gasteiger partial charge is 0.444 e. The first-order chi connectivity index (χ1) is 16.9. The van der Waals surface area contributed by atoms with E-state index in [0.29, 0.717) is 28.5 Å². The number of rotatable bonds is 6. The molecule has 3 amide bonds. The van der Waals surface area contributed by atoms with E-state index in [1.807, 2.05) is 38.1 Å². The molecule has 7 nitrogen and oxygen atoms in total. The fourth-order valence-corrected chi connectivity index (χ4v) is 4.66. The molecule has 0 fully saturated rings. The molecule has 2 aromatic rings. The molecule has 1 heterocycles. The summed E-state index contributed by atoms with van der Waals surface area (Å²) in [6.45, 7) is 9.09. The molecule has 0 bridgehead atoms. The Morgan fingerprint density at radius 2 is 1.83 bits per heavy atom. The minimum absolute atomic E-state index is 0.0934. The number of ether oxygens (including phenoxy) is 1. The summed E-state index contributed by atoms with van der Waals surface area (Å²) in [7, 11) is 0.